The van der Waals surface area contributed by atoms with Crippen molar-refractivity contribution in [1.82, 2.24) is 4.90 Å². The van der Waals surface area contributed by atoms with Crippen molar-refractivity contribution in [1.29, 1.82) is 0 Å². The predicted octanol–water partition coefficient (Wildman–Crippen LogP) is 3.70. The van der Waals surface area contributed by atoms with Crippen molar-refractivity contribution in [3.63, 3.8) is 0 Å². The van der Waals surface area contributed by atoms with Gasteiger partial charge in [-0.3, -0.25) is 4.79 Å². The molecule has 0 saturated carbocycles. The van der Waals surface area contributed by atoms with Crippen LogP contribution in [0.5, 0.6) is 0 Å². The highest BCUT2D eigenvalue weighted by atomic mass is 79.9. The molecule has 1 rings (SSSR count). The van der Waals surface area contributed by atoms with E-state index in [9.17, 15) is 18.0 Å². The lowest BCUT2D eigenvalue weighted by molar-refractivity contribution is -0.137. The average Bonchev–Trinajstić information content (AvgIpc) is 2.42. The van der Waals surface area contributed by atoms with Gasteiger partial charge in [0, 0.05) is 24.7 Å². The van der Waals surface area contributed by atoms with Gasteiger partial charge in [0.05, 0.1) is 11.1 Å². The lowest BCUT2D eigenvalue weighted by Gasteiger charge is -2.19. The standard InChI is InChI=1S/C14H17BrF3NO2/c1-19(7-3-2-4-8-20)13(21)11-9-10(14(16,17)18)5-6-12(11)15/h5-6,9,20H,2-4,7-8H2,1H3. The van der Waals surface area contributed by atoms with Crippen molar-refractivity contribution >= 4 is 21.8 Å². The monoisotopic (exact) mass is 367 g/mol. The number of halogens is 4. The highest BCUT2D eigenvalue weighted by Gasteiger charge is 2.31. The quantitative estimate of drug-likeness (QED) is 0.778. The number of carbonyl (C=O) groups excluding carboxylic acids is 1. The van der Waals surface area contributed by atoms with Crippen molar-refractivity contribution in [3.05, 3.63) is 33.8 Å². The van der Waals surface area contributed by atoms with Gasteiger partial charge in [0.2, 0.25) is 0 Å². The Morgan fingerprint density at radius 2 is 1.95 bits per heavy atom. The first-order valence-corrected chi connectivity index (χ1v) is 7.29. The first kappa shape index (κ1) is 18.0. The number of rotatable bonds is 6. The Labute approximate surface area is 129 Å². The maximum absolute atomic E-state index is 12.7. The summed E-state index contributed by atoms with van der Waals surface area (Å²) >= 11 is 3.11. The number of carbonyl (C=O) groups is 1. The number of hydrogen-bond acceptors (Lipinski definition) is 2. The molecule has 0 atom stereocenters. The Morgan fingerprint density at radius 1 is 1.29 bits per heavy atom. The number of aliphatic hydroxyl groups is 1. The van der Waals surface area contributed by atoms with Crippen LogP contribution in [0.15, 0.2) is 22.7 Å². The van der Waals surface area contributed by atoms with Gasteiger partial charge in [-0.2, -0.15) is 13.2 Å². The fraction of sp³-hybridized carbons (Fsp3) is 0.500. The average molecular weight is 368 g/mol. The zero-order valence-electron chi connectivity index (χ0n) is 11.6. The molecule has 7 heteroatoms. The fourth-order valence-corrected chi connectivity index (χ4v) is 2.23. The lowest BCUT2D eigenvalue weighted by Crippen LogP contribution is -2.28. The molecule has 0 heterocycles. The van der Waals surface area contributed by atoms with Gasteiger partial charge in [-0.1, -0.05) is 0 Å². The third-order valence-electron chi connectivity index (χ3n) is 3.02. The molecule has 118 valence electrons. The van der Waals surface area contributed by atoms with Crippen molar-refractivity contribution in [3.8, 4) is 0 Å². The summed E-state index contributed by atoms with van der Waals surface area (Å²) in [6.45, 7) is 0.526. The van der Waals surface area contributed by atoms with Crippen LogP contribution in [0, 0.1) is 0 Å². The minimum absolute atomic E-state index is 0.00511. The number of amides is 1. The van der Waals surface area contributed by atoms with Crippen LogP contribution in [0.4, 0.5) is 13.2 Å². The van der Waals surface area contributed by atoms with Gasteiger partial charge in [0.25, 0.3) is 5.91 Å². The van der Waals surface area contributed by atoms with E-state index in [0.29, 0.717) is 23.9 Å². The molecule has 0 spiro atoms. The lowest BCUT2D eigenvalue weighted by atomic mass is 10.1. The number of aliphatic hydroxyl groups excluding tert-OH is 1. The molecular weight excluding hydrogens is 351 g/mol. The van der Waals surface area contributed by atoms with E-state index < -0.39 is 17.6 Å². The molecule has 0 aliphatic carbocycles. The summed E-state index contributed by atoms with van der Waals surface area (Å²) in [5.41, 5.74) is -0.850. The second kappa shape index (κ2) is 7.79. The number of nitrogens with zero attached hydrogens (tertiary/aromatic N) is 1. The van der Waals surface area contributed by atoms with Gasteiger partial charge in [-0.25, -0.2) is 0 Å². The fourth-order valence-electron chi connectivity index (χ4n) is 1.81. The Kier molecular flexibility index (Phi) is 6.67. The Balaban J connectivity index is 2.81. The summed E-state index contributed by atoms with van der Waals surface area (Å²) < 4.78 is 38.4. The highest BCUT2D eigenvalue weighted by molar-refractivity contribution is 9.10. The van der Waals surface area contributed by atoms with Crippen LogP contribution in [0.1, 0.15) is 35.2 Å². The van der Waals surface area contributed by atoms with Gasteiger partial charge >= 0.3 is 6.18 Å². The smallest absolute Gasteiger partial charge is 0.396 e. The molecule has 0 fully saturated rings. The first-order valence-electron chi connectivity index (χ1n) is 6.50. The van der Waals surface area contributed by atoms with Gasteiger partial charge in [0.15, 0.2) is 0 Å². The topological polar surface area (TPSA) is 40.5 Å². The van der Waals surface area contributed by atoms with Crippen LogP contribution in [0.2, 0.25) is 0 Å². The Morgan fingerprint density at radius 3 is 2.52 bits per heavy atom. The van der Waals surface area contributed by atoms with E-state index in [2.05, 4.69) is 15.9 Å². The molecular formula is C14H17BrF3NO2. The summed E-state index contributed by atoms with van der Waals surface area (Å²) in [4.78, 5) is 13.6. The molecule has 0 aromatic heterocycles. The van der Waals surface area contributed by atoms with Crippen molar-refractivity contribution in [2.24, 2.45) is 0 Å². The molecule has 1 amide bonds. The molecule has 1 aromatic carbocycles. The van der Waals surface area contributed by atoms with E-state index in [1.165, 1.54) is 11.0 Å². The number of benzene rings is 1. The maximum atomic E-state index is 12.7. The van der Waals surface area contributed by atoms with E-state index >= 15 is 0 Å². The summed E-state index contributed by atoms with van der Waals surface area (Å²) in [5.74, 6) is -0.461. The zero-order chi connectivity index (χ0) is 16.0. The number of hydrogen-bond donors (Lipinski definition) is 1. The third-order valence-corrected chi connectivity index (χ3v) is 3.71. The molecule has 1 aromatic rings. The van der Waals surface area contributed by atoms with Gasteiger partial charge in [-0.15, -0.1) is 0 Å². The molecule has 0 aliphatic heterocycles. The number of alkyl halides is 3. The maximum Gasteiger partial charge on any atom is 0.416 e. The molecule has 0 unspecified atom stereocenters. The van der Waals surface area contributed by atoms with Crippen LogP contribution in [0.3, 0.4) is 0 Å². The minimum atomic E-state index is -4.48. The Bertz CT molecular complexity index is 492. The van der Waals surface area contributed by atoms with Crippen molar-refractivity contribution in [2.45, 2.75) is 25.4 Å². The second-order valence-electron chi connectivity index (χ2n) is 4.70. The summed E-state index contributed by atoms with van der Waals surface area (Å²) in [6, 6.07) is 3.02. The third kappa shape index (κ3) is 5.32. The zero-order valence-corrected chi connectivity index (χ0v) is 13.2. The van der Waals surface area contributed by atoms with Crippen molar-refractivity contribution in [2.75, 3.05) is 20.2 Å². The van der Waals surface area contributed by atoms with Crippen LogP contribution >= 0.6 is 15.9 Å². The summed E-state index contributed by atoms with van der Waals surface area (Å²) in [7, 11) is 1.55. The second-order valence-corrected chi connectivity index (χ2v) is 5.56. The first-order chi connectivity index (χ1) is 9.77. The largest absolute Gasteiger partial charge is 0.416 e. The van der Waals surface area contributed by atoms with E-state index in [1.807, 2.05) is 0 Å². The van der Waals surface area contributed by atoms with Crippen LogP contribution in [0.25, 0.3) is 0 Å². The normalized spacial score (nSPS) is 11.5. The summed E-state index contributed by atoms with van der Waals surface area (Å²) in [5, 5.41) is 8.67. The SMILES string of the molecule is CN(CCCCCO)C(=O)c1cc(C(F)(F)F)ccc1Br. The van der Waals surface area contributed by atoms with Gasteiger partial charge < -0.3 is 10.0 Å². The minimum Gasteiger partial charge on any atom is -0.396 e. The van der Waals surface area contributed by atoms with Crippen LogP contribution in [-0.2, 0) is 6.18 Å². The van der Waals surface area contributed by atoms with E-state index in [4.69, 9.17) is 5.11 Å². The molecule has 0 saturated heterocycles. The number of unbranched alkanes of at least 4 members (excludes halogenated alkanes) is 2. The predicted molar refractivity (Wildman–Crippen MR) is 77.0 cm³/mol. The van der Waals surface area contributed by atoms with Crippen molar-refractivity contribution < 1.29 is 23.1 Å². The van der Waals surface area contributed by atoms with Crippen LogP contribution < -0.4 is 0 Å². The highest BCUT2D eigenvalue weighted by Crippen LogP contribution is 2.32. The van der Waals surface area contributed by atoms with Crippen LogP contribution in [-0.4, -0.2) is 36.1 Å². The van der Waals surface area contributed by atoms with E-state index in [-0.39, 0.29) is 12.2 Å². The van der Waals surface area contributed by atoms with Gasteiger partial charge in [0.1, 0.15) is 0 Å². The molecule has 0 aliphatic rings. The summed E-state index contributed by atoms with van der Waals surface area (Å²) in [6.07, 6.45) is -2.37. The van der Waals surface area contributed by atoms with E-state index in [0.717, 1.165) is 18.6 Å². The molecule has 1 N–H and O–H groups in total. The molecule has 3 nitrogen and oxygen atoms in total. The molecule has 0 radical (unpaired) electrons. The molecule has 0 bridgehead atoms. The molecule has 21 heavy (non-hydrogen) atoms. The Hall–Kier alpha value is -1.08. The van der Waals surface area contributed by atoms with Gasteiger partial charge in [-0.05, 0) is 53.4 Å². The van der Waals surface area contributed by atoms with E-state index in [1.54, 1.807) is 7.05 Å².